The molecule has 1 aliphatic heterocycles. The fourth-order valence-corrected chi connectivity index (χ4v) is 9.61. The number of amides is 9. The lowest BCUT2D eigenvalue weighted by molar-refractivity contribution is -0.143. The largest absolute Gasteiger partial charge is 0.480 e. The molecule has 0 spiro atoms. The first-order valence-corrected chi connectivity index (χ1v) is 27.1. The SMILES string of the molecule is CCCCCC(NC(=O)C(CSC1CC(=O)N(CCCCN[C@H]2C(O)C[C@H](CO)[C@@H](O)[C@@H]2O)C1=O)NC(C)=O)C(=O)NCC(=O)NCC(=O)NCC(=O)C(C)C(=O)NC(CCCCC)C(=O)NC(CC(C)C)C(=O)O. The molecule has 11 atom stereocenters. The fraction of sp³-hybridized carbons (Fsp3) is 0.776. The van der Waals surface area contributed by atoms with Gasteiger partial charge in [-0.3, -0.25) is 52.8 Å². The number of Topliss-reactive ketones (excluding diaryl/α,β-unsaturated/α-hetero) is 1. The Morgan fingerprint density at radius 2 is 1.24 bits per heavy atom. The minimum atomic E-state index is -1.31. The highest BCUT2D eigenvalue weighted by Crippen LogP contribution is 2.27. The van der Waals surface area contributed by atoms with Crippen LogP contribution >= 0.6 is 11.8 Å². The second-order valence-corrected chi connectivity index (χ2v) is 20.9. The molecule has 1 saturated heterocycles. The quantitative estimate of drug-likeness (QED) is 0.0175. The number of nitrogens with one attached hydrogen (secondary N) is 8. The molecule has 75 heavy (non-hydrogen) atoms. The van der Waals surface area contributed by atoms with Gasteiger partial charge in [-0.1, -0.05) is 66.2 Å². The van der Waals surface area contributed by atoms with Crippen molar-refractivity contribution in [2.45, 2.75) is 179 Å². The summed E-state index contributed by atoms with van der Waals surface area (Å²) in [7, 11) is 0. The number of imide groups is 1. The molecule has 0 aromatic rings. The lowest BCUT2D eigenvalue weighted by atomic mass is 9.80. The number of carbonyl (C=O) groups excluding carboxylic acids is 10. The minimum absolute atomic E-state index is 0.0382. The number of aliphatic hydroxyl groups is 4. The molecule has 2 fully saturated rings. The Morgan fingerprint density at radius 1 is 0.680 bits per heavy atom. The molecule has 9 amide bonds. The zero-order valence-electron chi connectivity index (χ0n) is 44.2. The van der Waals surface area contributed by atoms with E-state index in [4.69, 9.17) is 0 Å². The van der Waals surface area contributed by atoms with E-state index in [0.717, 1.165) is 35.9 Å². The van der Waals surface area contributed by atoms with Crippen LogP contribution in [0.3, 0.4) is 0 Å². The summed E-state index contributed by atoms with van der Waals surface area (Å²) in [6, 6.07) is -5.50. The molecule has 426 valence electrons. The molecule has 0 bridgehead atoms. The molecule has 2 rings (SSSR count). The van der Waals surface area contributed by atoms with Crippen LogP contribution in [0.5, 0.6) is 0 Å². The van der Waals surface area contributed by atoms with Gasteiger partial charge in [0.25, 0.3) is 0 Å². The zero-order chi connectivity index (χ0) is 56.4. The zero-order valence-corrected chi connectivity index (χ0v) is 45.0. The van der Waals surface area contributed by atoms with Gasteiger partial charge in [-0.15, -0.1) is 11.8 Å². The third-order valence-electron chi connectivity index (χ3n) is 12.9. The van der Waals surface area contributed by atoms with Gasteiger partial charge < -0.3 is 68.1 Å². The Balaban J connectivity index is 1.89. The lowest BCUT2D eigenvalue weighted by Gasteiger charge is -2.40. The van der Waals surface area contributed by atoms with E-state index in [-0.39, 0.29) is 56.9 Å². The summed E-state index contributed by atoms with van der Waals surface area (Å²) >= 11 is 0.990. The Labute approximate surface area is 442 Å². The van der Waals surface area contributed by atoms with Crippen LogP contribution in [-0.2, 0) is 52.7 Å². The summed E-state index contributed by atoms with van der Waals surface area (Å²) in [6.07, 6.45) is 1.88. The van der Waals surface area contributed by atoms with Crippen molar-refractivity contribution in [1.82, 2.24) is 47.4 Å². The van der Waals surface area contributed by atoms with Crippen LogP contribution in [0.25, 0.3) is 0 Å². The maximum Gasteiger partial charge on any atom is 0.326 e. The van der Waals surface area contributed by atoms with Crippen LogP contribution in [0.2, 0.25) is 0 Å². The highest BCUT2D eigenvalue weighted by Gasteiger charge is 2.43. The van der Waals surface area contributed by atoms with E-state index < -0.39 is 150 Å². The standard InChI is InChI=1S/C49H83N9O16S/c1-7-9-11-15-31(56-47(71)34(54-29(6)60)26-75-37-21-40(65)58(48(37)72)18-14-13-17-50-41-35(61)20-30(25-59)42(66)43(41)67)45(69)53-24-39(64)52-23-38(63)51-22-36(62)28(5)44(68)55-32(16-12-10-8-2)46(70)57-33(49(73)74)19-27(3)4/h27-28,30-35,37,41-43,50,59,61,66-67H,7-26H2,1-6H3,(H,51,63)(H,52,64)(H,53,69)(H,54,60)(H,55,68)(H,56,71)(H,57,70)(H,73,74)/t28?,30-,31?,32?,33?,34?,35?,37?,41+,42-,43-/m1/s1. The van der Waals surface area contributed by atoms with Crippen molar-refractivity contribution in [3.05, 3.63) is 0 Å². The van der Waals surface area contributed by atoms with Crippen LogP contribution < -0.4 is 42.5 Å². The van der Waals surface area contributed by atoms with Crippen LogP contribution in [0.4, 0.5) is 0 Å². The highest BCUT2D eigenvalue weighted by atomic mass is 32.2. The van der Waals surface area contributed by atoms with Gasteiger partial charge in [0.15, 0.2) is 5.78 Å². The number of carbonyl (C=O) groups is 11. The fourth-order valence-electron chi connectivity index (χ4n) is 8.42. The molecule has 0 aromatic carbocycles. The Hall–Kier alpha value is -5.28. The van der Waals surface area contributed by atoms with Gasteiger partial charge in [0.2, 0.25) is 53.2 Å². The number of aliphatic carboxylic acids is 1. The summed E-state index contributed by atoms with van der Waals surface area (Å²) in [5, 5.41) is 69.3. The van der Waals surface area contributed by atoms with Crippen LogP contribution in [0.15, 0.2) is 0 Å². The third-order valence-corrected chi connectivity index (χ3v) is 14.2. The number of rotatable bonds is 36. The molecule has 1 heterocycles. The number of hydrogen-bond acceptors (Lipinski definition) is 17. The Kier molecular flexibility index (Phi) is 30.2. The van der Waals surface area contributed by atoms with Gasteiger partial charge >= 0.3 is 5.97 Å². The van der Waals surface area contributed by atoms with Crippen molar-refractivity contribution in [3.63, 3.8) is 0 Å². The molecule has 1 saturated carbocycles. The van der Waals surface area contributed by atoms with Crippen molar-refractivity contribution in [2.24, 2.45) is 17.8 Å². The number of aliphatic hydroxyl groups excluding tert-OH is 4. The Bertz CT molecular complexity index is 1950. The monoisotopic (exact) mass is 1090 g/mol. The van der Waals surface area contributed by atoms with E-state index in [1.807, 2.05) is 13.8 Å². The average molecular weight is 1090 g/mol. The summed E-state index contributed by atoms with van der Waals surface area (Å²) in [4.78, 5) is 142. The van der Waals surface area contributed by atoms with Gasteiger partial charge in [-0.25, -0.2) is 4.79 Å². The van der Waals surface area contributed by atoms with E-state index in [1.165, 1.54) is 13.8 Å². The van der Waals surface area contributed by atoms with Crippen LogP contribution in [0.1, 0.15) is 125 Å². The molecule has 2 aliphatic rings. The predicted molar refractivity (Wildman–Crippen MR) is 274 cm³/mol. The average Bonchev–Trinajstić information content (AvgIpc) is 3.63. The molecule has 1 aliphatic carbocycles. The highest BCUT2D eigenvalue weighted by molar-refractivity contribution is 8.00. The van der Waals surface area contributed by atoms with E-state index in [1.54, 1.807) is 13.8 Å². The summed E-state index contributed by atoms with van der Waals surface area (Å²) in [5.74, 6) is -10.1. The first kappa shape index (κ1) is 65.8. The molecule has 7 unspecified atom stereocenters. The second kappa shape index (κ2) is 34.4. The maximum atomic E-state index is 13.6. The molecule has 0 radical (unpaired) electrons. The number of hydrogen-bond donors (Lipinski definition) is 13. The van der Waals surface area contributed by atoms with Gasteiger partial charge in [0.1, 0.15) is 24.2 Å². The first-order valence-electron chi connectivity index (χ1n) is 26.0. The van der Waals surface area contributed by atoms with E-state index in [2.05, 4.69) is 42.5 Å². The normalized spacial score (nSPS) is 21.5. The number of ketones is 1. The smallest absolute Gasteiger partial charge is 0.326 e. The lowest BCUT2D eigenvalue weighted by Crippen LogP contribution is -2.60. The number of unbranched alkanes of at least 4 members (excludes halogenated alkanes) is 5. The van der Waals surface area contributed by atoms with E-state index in [9.17, 15) is 78.3 Å². The molecule has 0 aromatic heterocycles. The van der Waals surface area contributed by atoms with E-state index >= 15 is 0 Å². The summed E-state index contributed by atoms with van der Waals surface area (Å²) < 4.78 is 0. The van der Waals surface area contributed by atoms with Gasteiger partial charge in [0.05, 0.1) is 55.2 Å². The third kappa shape index (κ3) is 23.2. The van der Waals surface area contributed by atoms with Crippen LogP contribution in [0, 0.1) is 17.8 Å². The first-order chi connectivity index (χ1) is 35.4. The van der Waals surface area contributed by atoms with Crippen LogP contribution in [-0.4, -0.2) is 194 Å². The van der Waals surface area contributed by atoms with E-state index in [0.29, 0.717) is 38.6 Å². The Morgan fingerprint density at radius 3 is 1.81 bits per heavy atom. The molecular weight excluding hydrogens is 1000 g/mol. The molecule has 26 heteroatoms. The van der Waals surface area contributed by atoms with Gasteiger partial charge in [0, 0.05) is 38.2 Å². The molecular formula is C49H83N9O16S. The number of nitrogens with zero attached hydrogens (tertiary/aromatic N) is 1. The summed E-state index contributed by atoms with van der Waals surface area (Å²) in [5.41, 5.74) is 0. The molecule has 25 nitrogen and oxygen atoms in total. The summed E-state index contributed by atoms with van der Waals surface area (Å²) in [6.45, 7) is 8.13. The number of carboxylic acid groups (broad SMARTS) is 1. The second-order valence-electron chi connectivity index (χ2n) is 19.7. The van der Waals surface area contributed by atoms with Gasteiger partial charge in [-0.05, 0) is 57.9 Å². The van der Waals surface area contributed by atoms with Gasteiger partial charge in [-0.2, -0.15) is 0 Å². The number of likely N-dealkylation sites (tertiary alicyclic amines) is 1. The predicted octanol–water partition coefficient (Wildman–Crippen LogP) is -2.52. The van der Waals surface area contributed by atoms with Crippen molar-refractivity contribution in [1.29, 1.82) is 0 Å². The van der Waals surface area contributed by atoms with Crippen molar-refractivity contribution in [3.8, 4) is 0 Å². The number of carboxylic acids is 1. The maximum absolute atomic E-state index is 13.6. The number of thioether (sulfide) groups is 1. The van der Waals surface area contributed by atoms with Crippen molar-refractivity contribution >= 4 is 76.7 Å². The molecule has 13 N–H and O–H groups in total. The van der Waals surface area contributed by atoms with Crippen molar-refractivity contribution in [2.75, 3.05) is 45.1 Å². The van der Waals surface area contributed by atoms with Crippen molar-refractivity contribution < 1.29 is 78.3 Å². The minimum Gasteiger partial charge on any atom is -0.480 e. The topological polar surface area (TPSA) is 388 Å².